The van der Waals surface area contributed by atoms with Crippen LogP contribution in [0.25, 0.3) is 42.4 Å². The van der Waals surface area contributed by atoms with Crippen molar-refractivity contribution in [2.45, 2.75) is 6.42 Å². The van der Waals surface area contributed by atoms with E-state index in [-0.39, 0.29) is 0 Å². The summed E-state index contributed by atoms with van der Waals surface area (Å²) in [5.41, 5.74) is 7.76. The molecule has 32 heavy (non-hydrogen) atoms. The van der Waals surface area contributed by atoms with E-state index in [0.717, 1.165) is 6.42 Å². The Morgan fingerprint density at radius 3 is 1.94 bits per heavy atom. The molecule has 0 aliphatic carbocycles. The lowest BCUT2D eigenvalue weighted by Gasteiger charge is -2.08. The van der Waals surface area contributed by atoms with Gasteiger partial charge in [-0.3, -0.25) is 0 Å². The first-order valence-electron chi connectivity index (χ1n) is 11.0. The molecule has 0 nitrogen and oxygen atoms in total. The number of hydrogen-bond donors (Lipinski definition) is 0. The van der Waals surface area contributed by atoms with Crippen LogP contribution in [0.1, 0.15) is 11.1 Å². The highest BCUT2D eigenvalue weighted by atomic mass is 32.1. The van der Waals surface area contributed by atoms with Crippen LogP contribution < -0.4 is 0 Å². The van der Waals surface area contributed by atoms with Crippen molar-refractivity contribution in [2.24, 2.45) is 0 Å². The summed E-state index contributed by atoms with van der Waals surface area (Å²) in [6.45, 7) is 0. The summed E-state index contributed by atoms with van der Waals surface area (Å²) in [6.07, 6.45) is 0.937. The van der Waals surface area contributed by atoms with Crippen molar-refractivity contribution < 1.29 is 0 Å². The second kappa shape index (κ2) is 8.11. The molecule has 6 aromatic rings. The molecule has 0 saturated heterocycles. The first-order valence-corrected chi connectivity index (χ1v) is 11.8. The van der Waals surface area contributed by atoms with Crippen LogP contribution in [0.4, 0.5) is 0 Å². The van der Waals surface area contributed by atoms with Crippen molar-refractivity contribution in [2.75, 3.05) is 0 Å². The molecule has 1 heterocycles. The van der Waals surface area contributed by atoms with Gasteiger partial charge in [0.05, 0.1) is 0 Å². The highest BCUT2D eigenvalue weighted by Crippen LogP contribution is 2.36. The molecule has 0 unspecified atom stereocenters. The number of benzene rings is 5. The van der Waals surface area contributed by atoms with Gasteiger partial charge in [-0.15, -0.1) is 11.3 Å². The first kappa shape index (κ1) is 19.0. The molecule has 0 atom stereocenters. The lowest BCUT2D eigenvalue weighted by molar-refractivity contribution is 1.19. The lowest BCUT2D eigenvalue weighted by Crippen LogP contribution is -1.89. The Bertz CT molecular complexity index is 1520. The zero-order chi connectivity index (χ0) is 21.3. The van der Waals surface area contributed by atoms with Gasteiger partial charge in [0.2, 0.25) is 0 Å². The molecule has 0 N–H and O–H groups in total. The molecule has 0 saturated carbocycles. The molecular weight excluding hydrogens is 404 g/mol. The maximum atomic E-state index is 2.35. The molecule has 5 aromatic carbocycles. The molecule has 6 rings (SSSR count). The molecule has 0 radical (unpaired) electrons. The van der Waals surface area contributed by atoms with Gasteiger partial charge >= 0.3 is 0 Å². The van der Waals surface area contributed by atoms with Crippen LogP contribution in [0, 0.1) is 0 Å². The van der Waals surface area contributed by atoms with Crippen LogP contribution in [-0.4, -0.2) is 0 Å². The standard InChI is InChI=1S/C31H22S/c1-2-8-24(9-3-1)25-15-13-22(14-16-25)19-23-7-6-10-26(20-23)27-17-18-31-29(21-27)28-11-4-5-12-30(28)32-31/h1-18,20-21H,19H2. The summed E-state index contributed by atoms with van der Waals surface area (Å²) in [4.78, 5) is 0. The SMILES string of the molecule is c1ccc(-c2ccc(Cc3cccc(-c4ccc5sc6ccccc6c5c4)c3)cc2)cc1. The van der Waals surface area contributed by atoms with Crippen molar-refractivity contribution in [1.82, 2.24) is 0 Å². The maximum Gasteiger partial charge on any atom is 0.0355 e. The van der Waals surface area contributed by atoms with Gasteiger partial charge < -0.3 is 0 Å². The van der Waals surface area contributed by atoms with E-state index in [1.165, 1.54) is 53.6 Å². The van der Waals surface area contributed by atoms with E-state index in [2.05, 4.69) is 121 Å². The molecule has 0 aliphatic heterocycles. The van der Waals surface area contributed by atoms with Crippen LogP contribution in [0.5, 0.6) is 0 Å². The summed E-state index contributed by atoms with van der Waals surface area (Å²) in [5, 5.41) is 2.70. The van der Waals surface area contributed by atoms with E-state index in [1.807, 2.05) is 11.3 Å². The van der Waals surface area contributed by atoms with Crippen molar-refractivity contribution in [1.29, 1.82) is 0 Å². The van der Waals surface area contributed by atoms with Gasteiger partial charge in [-0.25, -0.2) is 0 Å². The average Bonchev–Trinajstić information content (AvgIpc) is 3.23. The van der Waals surface area contributed by atoms with E-state index >= 15 is 0 Å². The Kier molecular flexibility index (Phi) is 4.82. The molecular formula is C31H22S. The van der Waals surface area contributed by atoms with Gasteiger partial charge in [0.15, 0.2) is 0 Å². The molecule has 1 heteroatoms. The van der Waals surface area contributed by atoms with Gasteiger partial charge in [0.1, 0.15) is 0 Å². The fraction of sp³-hybridized carbons (Fsp3) is 0.0323. The van der Waals surface area contributed by atoms with Crippen molar-refractivity contribution in [3.8, 4) is 22.3 Å². The molecule has 0 aliphatic rings. The Labute approximate surface area is 192 Å². The summed E-state index contributed by atoms with van der Waals surface area (Å²) >= 11 is 1.87. The van der Waals surface area contributed by atoms with Crippen LogP contribution in [0.3, 0.4) is 0 Å². The molecule has 152 valence electrons. The third kappa shape index (κ3) is 3.62. The fourth-order valence-corrected chi connectivity index (χ4v) is 5.53. The Hall–Kier alpha value is -3.68. The van der Waals surface area contributed by atoms with Crippen molar-refractivity contribution in [3.05, 3.63) is 132 Å². The Morgan fingerprint density at radius 2 is 1.06 bits per heavy atom. The molecule has 0 fully saturated rings. The molecule has 1 aromatic heterocycles. The third-order valence-electron chi connectivity index (χ3n) is 6.11. The first-order chi connectivity index (χ1) is 15.8. The maximum absolute atomic E-state index is 2.35. The van der Waals surface area contributed by atoms with Gasteiger partial charge in [-0.05, 0) is 58.0 Å². The minimum atomic E-state index is 0.937. The van der Waals surface area contributed by atoms with Crippen molar-refractivity contribution in [3.63, 3.8) is 0 Å². The highest BCUT2D eigenvalue weighted by Gasteiger charge is 2.07. The number of fused-ring (bicyclic) bond motifs is 3. The predicted molar refractivity (Wildman–Crippen MR) is 139 cm³/mol. The van der Waals surface area contributed by atoms with Gasteiger partial charge in [-0.2, -0.15) is 0 Å². The van der Waals surface area contributed by atoms with Crippen LogP contribution in [0.2, 0.25) is 0 Å². The highest BCUT2D eigenvalue weighted by molar-refractivity contribution is 7.25. The zero-order valence-corrected chi connectivity index (χ0v) is 18.5. The Balaban J connectivity index is 1.29. The topological polar surface area (TPSA) is 0 Å². The average molecular weight is 427 g/mol. The Morgan fingerprint density at radius 1 is 0.406 bits per heavy atom. The summed E-state index contributed by atoms with van der Waals surface area (Å²) in [5.74, 6) is 0. The monoisotopic (exact) mass is 426 g/mol. The molecule has 0 amide bonds. The van der Waals surface area contributed by atoms with E-state index < -0.39 is 0 Å². The van der Waals surface area contributed by atoms with E-state index in [1.54, 1.807) is 0 Å². The van der Waals surface area contributed by atoms with E-state index in [9.17, 15) is 0 Å². The van der Waals surface area contributed by atoms with E-state index in [0.29, 0.717) is 0 Å². The normalized spacial score (nSPS) is 11.2. The summed E-state index contributed by atoms with van der Waals surface area (Å²) in [6, 6.07) is 44.0. The quantitative estimate of drug-likeness (QED) is 0.264. The number of hydrogen-bond acceptors (Lipinski definition) is 1. The van der Waals surface area contributed by atoms with Crippen LogP contribution >= 0.6 is 11.3 Å². The second-order valence-corrected chi connectivity index (χ2v) is 9.33. The minimum Gasteiger partial charge on any atom is -0.135 e. The van der Waals surface area contributed by atoms with Gasteiger partial charge in [0.25, 0.3) is 0 Å². The number of rotatable bonds is 4. The summed E-state index contributed by atoms with van der Waals surface area (Å²) < 4.78 is 2.71. The largest absolute Gasteiger partial charge is 0.135 e. The van der Waals surface area contributed by atoms with Gasteiger partial charge in [0, 0.05) is 20.2 Å². The predicted octanol–water partition coefficient (Wildman–Crippen LogP) is 8.98. The van der Waals surface area contributed by atoms with Gasteiger partial charge in [-0.1, -0.05) is 103 Å². The van der Waals surface area contributed by atoms with E-state index in [4.69, 9.17) is 0 Å². The minimum absolute atomic E-state index is 0.937. The van der Waals surface area contributed by atoms with Crippen LogP contribution in [0.15, 0.2) is 121 Å². The molecule has 0 spiro atoms. The zero-order valence-electron chi connectivity index (χ0n) is 17.7. The number of thiophene rings is 1. The second-order valence-electron chi connectivity index (χ2n) is 8.25. The summed E-state index contributed by atoms with van der Waals surface area (Å²) in [7, 11) is 0. The fourth-order valence-electron chi connectivity index (χ4n) is 4.45. The molecule has 0 bridgehead atoms. The van der Waals surface area contributed by atoms with Crippen molar-refractivity contribution >= 4 is 31.5 Å². The third-order valence-corrected chi connectivity index (χ3v) is 7.26. The van der Waals surface area contributed by atoms with Crippen LogP contribution in [-0.2, 0) is 6.42 Å². The smallest absolute Gasteiger partial charge is 0.0355 e. The lowest BCUT2D eigenvalue weighted by atomic mass is 9.97.